The molecule has 0 saturated carbocycles. The van der Waals surface area contributed by atoms with E-state index in [9.17, 15) is 17.7 Å². The third-order valence-corrected chi connectivity index (χ3v) is 13.7. The van der Waals surface area contributed by atoms with Crippen LogP contribution in [-0.2, 0) is 35.1 Å². The van der Waals surface area contributed by atoms with Gasteiger partial charge in [0.2, 0.25) is 0 Å². The molecule has 0 heterocycles. The highest BCUT2D eigenvalue weighted by Crippen LogP contribution is 2.44. The number of alkyl halides is 3. The summed E-state index contributed by atoms with van der Waals surface area (Å²) in [6.45, 7) is 16.6. The van der Waals surface area contributed by atoms with Gasteiger partial charge in [0, 0.05) is 25.6 Å². The Bertz CT molecular complexity index is 1020. The molecule has 2 aromatic rings. The van der Waals surface area contributed by atoms with Gasteiger partial charge in [0.1, 0.15) is 4.75 Å². The van der Waals surface area contributed by atoms with E-state index in [-0.39, 0.29) is 16.5 Å². The van der Waals surface area contributed by atoms with E-state index in [4.69, 9.17) is 4.43 Å². The van der Waals surface area contributed by atoms with Crippen molar-refractivity contribution in [1.82, 2.24) is 4.72 Å². The van der Waals surface area contributed by atoms with E-state index < -0.39 is 36.2 Å². The highest BCUT2D eigenvalue weighted by atomic mass is 79.9. The van der Waals surface area contributed by atoms with Gasteiger partial charge in [-0.25, -0.2) is 0 Å². The minimum Gasteiger partial charge on any atom is -0.598 e. The third-order valence-electron chi connectivity index (χ3n) is 5.97. The summed E-state index contributed by atoms with van der Waals surface area (Å²) < 4.78 is 63.9. The van der Waals surface area contributed by atoms with Gasteiger partial charge in [-0.3, -0.25) is 0 Å². The molecule has 0 saturated heterocycles. The van der Waals surface area contributed by atoms with Crippen LogP contribution < -0.4 is 4.72 Å². The summed E-state index contributed by atoms with van der Waals surface area (Å²) in [4.78, 5) is 0.802. The Balaban J connectivity index is 2.47. The zero-order chi connectivity index (χ0) is 26.8. The molecule has 35 heavy (non-hydrogen) atoms. The average Bonchev–Trinajstić information content (AvgIpc) is 2.70. The van der Waals surface area contributed by atoms with Crippen LogP contribution in [0.1, 0.15) is 58.2 Å². The molecule has 0 aliphatic carbocycles. The van der Waals surface area contributed by atoms with Crippen LogP contribution in [0.3, 0.4) is 0 Å². The Morgan fingerprint density at radius 3 is 2.17 bits per heavy atom. The summed E-state index contributed by atoms with van der Waals surface area (Å²) in [5, 5.41) is 0.0196. The molecule has 1 atom stereocenters. The van der Waals surface area contributed by atoms with Crippen molar-refractivity contribution in [2.24, 2.45) is 0 Å². The van der Waals surface area contributed by atoms with E-state index in [0.29, 0.717) is 21.5 Å². The Morgan fingerprint density at radius 2 is 1.63 bits per heavy atom. The van der Waals surface area contributed by atoms with Crippen molar-refractivity contribution in [1.29, 1.82) is 0 Å². The summed E-state index contributed by atoms with van der Waals surface area (Å²) in [5.74, 6) is 0. The number of rotatable bonds is 8. The Morgan fingerprint density at radius 1 is 1.03 bits per heavy atom. The fraction of sp³-hybridized carbons (Fsp3) is 0.520. The van der Waals surface area contributed by atoms with Crippen molar-refractivity contribution >= 4 is 47.4 Å². The van der Waals surface area contributed by atoms with Crippen LogP contribution >= 0.6 is 27.7 Å². The third kappa shape index (κ3) is 8.51. The fourth-order valence-electron chi connectivity index (χ4n) is 2.78. The molecule has 1 N–H and O–H groups in total. The zero-order valence-corrected chi connectivity index (χ0v) is 25.7. The topological polar surface area (TPSA) is 44.3 Å². The van der Waals surface area contributed by atoms with Crippen molar-refractivity contribution in [3.63, 3.8) is 0 Å². The first-order chi connectivity index (χ1) is 15.8. The maximum Gasteiger partial charge on any atom is 0.417 e. The molecule has 0 aromatic heterocycles. The molecule has 0 radical (unpaired) electrons. The van der Waals surface area contributed by atoms with Crippen molar-refractivity contribution in [3.8, 4) is 0 Å². The lowest BCUT2D eigenvalue weighted by Crippen LogP contribution is -2.40. The molecule has 10 heteroatoms. The predicted octanol–water partition coefficient (Wildman–Crippen LogP) is 8.69. The number of hydrogen-bond donors (Lipinski definition) is 1. The molecule has 2 aromatic carbocycles. The summed E-state index contributed by atoms with van der Waals surface area (Å²) in [6.07, 6.45) is -4.55. The highest BCUT2D eigenvalue weighted by Gasteiger charge is 2.38. The van der Waals surface area contributed by atoms with Crippen LogP contribution in [0.25, 0.3) is 0 Å². The number of halogens is 4. The molecule has 0 amide bonds. The van der Waals surface area contributed by atoms with E-state index in [0.717, 1.165) is 23.4 Å². The molecule has 0 fully saturated rings. The zero-order valence-electron chi connectivity index (χ0n) is 21.5. The van der Waals surface area contributed by atoms with E-state index >= 15 is 0 Å². The molecular weight excluding hydrogens is 575 g/mol. The van der Waals surface area contributed by atoms with Gasteiger partial charge in [0.15, 0.2) is 8.32 Å². The van der Waals surface area contributed by atoms with Gasteiger partial charge in [0.25, 0.3) is 0 Å². The number of benzene rings is 2. The van der Waals surface area contributed by atoms with Gasteiger partial charge < -0.3 is 8.98 Å². The van der Waals surface area contributed by atoms with Crippen molar-refractivity contribution in [3.05, 3.63) is 57.6 Å². The van der Waals surface area contributed by atoms with Gasteiger partial charge in [-0.05, 0) is 68.2 Å². The summed E-state index contributed by atoms with van der Waals surface area (Å²) >= 11 is 2.87. The Labute approximate surface area is 224 Å². The van der Waals surface area contributed by atoms with Gasteiger partial charge >= 0.3 is 6.18 Å². The summed E-state index contributed by atoms with van der Waals surface area (Å²) in [7, 11) is -2.04. The fourth-order valence-corrected chi connectivity index (χ4v) is 6.13. The first kappa shape index (κ1) is 30.7. The van der Waals surface area contributed by atoms with Crippen molar-refractivity contribution in [2.45, 2.75) is 93.5 Å². The molecular formula is C25H35BrF3NO2S2Si. The van der Waals surface area contributed by atoms with E-state index in [1.165, 1.54) is 0 Å². The summed E-state index contributed by atoms with van der Waals surface area (Å²) in [5.41, 5.74) is 0.542. The monoisotopic (exact) mass is 609 g/mol. The molecule has 0 bridgehead atoms. The van der Waals surface area contributed by atoms with E-state index in [1.807, 2.05) is 45.0 Å². The van der Waals surface area contributed by atoms with Crippen LogP contribution in [0.4, 0.5) is 13.2 Å². The second-order valence-corrected chi connectivity index (χ2v) is 19.7. The van der Waals surface area contributed by atoms with Gasteiger partial charge in [-0.1, -0.05) is 66.7 Å². The standard InChI is InChI=1S/C25H35BrF3NO2S2Si/c1-23(2,3)34(31)30-15-18-13-19(26)14-20(25(27,28)29)22(18)33-21-12-10-9-11-17(21)16-32-35(7,8)24(4,5)6/h9-14,30H,15-16H2,1-8H3. The molecule has 1 unspecified atom stereocenters. The Kier molecular flexibility index (Phi) is 10.1. The Hall–Kier alpha value is -0.493. The first-order valence-electron chi connectivity index (χ1n) is 11.3. The summed E-state index contributed by atoms with van der Waals surface area (Å²) in [6, 6.07) is 10.2. The maximum absolute atomic E-state index is 14.1. The smallest absolute Gasteiger partial charge is 0.417 e. The molecule has 0 aliphatic heterocycles. The molecule has 3 nitrogen and oxygen atoms in total. The van der Waals surface area contributed by atoms with Gasteiger partial charge in [0.05, 0.1) is 18.7 Å². The minimum absolute atomic E-state index is 0.0196. The SMILES string of the molecule is CC(C)(C)[S+]([O-])NCc1cc(Br)cc(C(F)(F)F)c1Sc1ccccc1CO[Si](C)(C)C(C)(C)C. The maximum atomic E-state index is 14.1. The van der Waals surface area contributed by atoms with Gasteiger partial charge in [-0.2, -0.15) is 13.2 Å². The lowest BCUT2D eigenvalue weighted by Gasteiger charge is -2.36. The largest absolute Gasteiger partial charge is 0.598 e. The van der Waals surface area contributed by atoms with Gasteiger partial charge in [-0.15, -0.1) is 4.72 Å². The molecule has 0 aliphatic rings. The number of nitrogens with one attached hydrogen (secondary N) is 1. The molecule has 0 spiro atoms. The van der Waals surface area contributed by atoms with Crippen LogP contribution in [0.2, 0.25) is 18.1 Å². The molecule has 196 valence electrons. The van der Waals surface area contributed by atoms with Crippen LogP contribution in [0.5, 0.6) is 0 Å². The lowest BCUT2D eigenvalue weighted by atomic mass is 10.1. The molecule has 2 rings (SSSR count). The normalized spacial score (nSPS) is 14.3. The van der Waals surface area contributed by atoms with Crippen LogP contribution in [0.15, 0.2) is 50.7 Å². The van der Waals surface area contributed by atoms with E-state index in [2.05, 4.69) is 54.5 Å². The number of hydrogen-bond acceptors (Lipinski definition) is 4. The average molecular weight is 611 g/mol. The van der Waals surface area contributed by atoms with Crippen molar-refractivity contribution < 1.29 is 22.2 Å². The quantitative estimate of drug-likeness (QED) is 0.240. The first-order valence-corrected chi connectivity index (χ1v) is 16.9. The second kappa shape index (κ2) is 11.5. The van der Waals surface area contributed by atoms with E-state index in [1.54, 1.807) is 6.07 Å². The second-order valence-electron chi connectivity index (χ2n) is 10.9. The minimum atomic E-state index is -4.55. The predicted molar refractivity (Wildman–Crippen MR) is 146 cm³/mol. The highest BCUT2D eigenvalue weighted by molar-refractivity contribution is 9.10. The van der Waals surface area contributed by atoms with Crippen LogP contribution in [0, 0.1) is 0 Å². The van der Waals surface area contributed by atoms with Crippen molar-refractivity contribution in [2.75, 3.05) is 0 Å². The lowest BCUT2D eigenvalue weighted by molar-refractivity contribution is -0.139. The van der Waals surface area contributed by atoms with Crippen LogP contribution in [-0.4, -0.2) is 17.6 Å².